The van der Waals surface area contributed by atoms with Crippen LogP contribution in [0.15, 0.2) is 84.9 Å². The zero-order valence-electron chi connectivity index (χ0n) is 21.9. The molecule has 0 unspecified atom stereocenters. The molecule has 38 heavy (non-hydrogen) atoms. The van der Waals surface area contributed by atoms with Gasteiger partial charge in [0, 0.05) is 28.4 Å². The highest BCUT2D eigenvalue weighted by molar-refractivity contribution is 6.98. The minimum absolute atomic E-state index is 0.0739. The molecule has 6 aromatic rings. The predicted octanol–water partition coefficient (Wildman–Crippen LogP) is 6.74. The van der Waals surface area contributed by atoms with E-state index in [9.17, 15) is 0 Å². The van der Waals surface area contributed by atoms with Crippen LogP contribution in [0.4, 0.5) is 0 Å². The maximum atomic E-state index is 6.63. The van der Waals surface area contributed by atoms with E-state index in [1.165, 1.54) is 55.0 Å². The number of ether oxygens (including phenoxy) is 2. The average molecular weight is 491 g/mol. The molecule has 3 heterocycles. The summed E-state index contributed by atoms with van der Waals surface area (Å²) in [5.41, 5.74) is 11.9. The van der Waals surface area contributed by atoms with Gasteiger partial charge >= 0.3 is 0 Å². The smallest absolute Gasteiger partial charge is 0.260 e. The fourth-order valence-corrected chi connectivity index (χ4v) is 6.39. The van der Waals surface area contributed by atoms with Gasteiger partial charge < -0.3 is 14.0 Å². The Hall–Kier alpha value is -4.44. The Bertz CT molecular complexity index is 1850. The summed E-state index contributed by atoms with van der Waals surface area (Å²) >= 11 is 0. The summed E-state index contributed by atoms with van der Waals surface area (Å²) in [7, 11) is 0. The Labute approximate surface area is 222 Å². The van der Waals surface area contributed by atoms with Gasteiger partial charge in [-0.05, 0) is 75.0 Å². The van der Waals surface area contributed by atoms with Crippen molar-refractivity contribution >= 4 is 44.9 Å². The highest BCUT2D eigenvalue weighted by Crippen LogP contribution is 2.39. The Balaban J connectivity index is 1.44. The van der Waals surface area contributed by atoms with Crippen LogP contribution in [0.5, 0.6) is 23.0 Å². The molecule has 1 aromatic heterocycles. The van der Waals surface area contributed by atoms with Gasteiger partial charge in [0.05, 0.1) is 16.7 Å². The first kappa shape index (κ1) is 21.6. The molecule has 0 saturated heterocycles. The Morgan fingerprint density at radius 3 is 1.45 bits per heavy atom. The average Bonchev–Trinajstić information content (AvgIpc) is 3.21. The quantitative estimate of drug-likeness (QED) is 0.237. The van der Waals surface area contributed by atoms with Gasteiger partial charge in [-0.3, -0.25) is 0 Å². The SMILES string of the molecule is Cc1ccc2c(c1)B1c3cc(C)ccc3Oc3cc(-n4c5ccc(C)cc5c5cc(C)ccc54)cc(c31)O2. The van der Waals surface area contributed by atoms with Crippen molar-refractivity contribution in [3.05, 3.63) is 107 Å². The van der Waals surface area contributed by atoms with Gasteiger partial charge in [0.2, 0.25) is 0 Å². The zero-order valence-corrected chi connectivity index (χ0v) is 21.9. The second-order valence-corrected chi connectivity index (χ2v) is 11.0. The third-order valence-electron chi connectivity index (χ3n) is 8.10. The molecular formula is C34H26BNO2. The van der Waals surface area contributed by atoms with Crippen molar-refractivity contribution in [2.75, 3.05) is 0 Å². The van der Waals surface area contributed by atoms with Gasteiger partial charge in [0.15, 0.2) is 0 Å². The van der Waals surface area contributed by atoms with Crippen molar-refractivity contribution in [2.24, 2.45) is 0 Å². The number of benzene rings is 5. The van der Waals surface area contributed by atoms with Crippen LogP contribution in [0, 0.1) is 27.7 Å². The lowest BCUT2D eigenvalue weighted by Crippen LogP contribution is -2.57. The first-order valence-electron chi connectivity index (χ1n) is 13.2. The molecule has 0 amide bonds. The Morgan fingerprint density at radius 2 is 0.947 bits per heavy atom. The first-order chi connectivity index (χ1) is 18.4. The molecule has 0 spiro atoms. The standard InChI is InChI=1S/C34H26BNO2/c1-19-5-9-28-24(13-19)25-14-20(2)6-10-29(25)36(28)23-17-32-34-33(18-23)38-31-12-8-22(4)16-27(31)35(34)26-15-21(3)7-11-30(26)37-32/h5-18H,1-4H3. The summed E-state index contributed by atoms with van der Waals surface area (Å²) in [5.74, 6) is 3.55. The fraction of sp³-hybridized carbons (Fsp3) is 0.118. The van der Waals surface area contributed by atoms with Crippen molar-refractivity contribution in [2.45, 2.75) is 27.7 Å². The molecule has 0 atom stereocenters. The van der Waals surface area contributed by atoms with E-state index in [-0.39, 0.29) is 6.71 Å². The predicted molar refractivity (Wildman–Crippen MR) is 157 cm³/mol. The minimum atomic E-state index is 0.0739. The summed E-state index contributed by atoms with van der Waals surface area (Å²) in [5, 5.41) is 2.52. The molecule has 0 saturated carbocycles. The summed E-state index contributed by atoms with van der Waals surface area (Å²) in [6.07, 6.45) is 0. The number of aromatic nitrogens is 1. The number of rotatable bonds is 1. The molecule has 4 heteroatoms. The van der Waals surface area contributed by atoms with E-state index in [2.05, 4.69) is 117 Å². The highest BCUT2D eigenvalue weighted by Gasteiger charge is 2.40. The van der Waals surface area contributed by atoms with Gasteiger partial charge in [-0.25, -0.2) is 0 Å². The van der Waals surface area contributed by atoms with Gasteiger partial charge in [-0.15, -0.1) is 0 Å². The first-order valence-corrected chi connectivity index (χ1v) is 13.2. The molecule has 0 fully saturated rings. The monoisotopic (exact) mass is 491 g/mol. The van der Waals surface area contributed by atoms with E-state index in [1.807, 2.05) is 0 Å². The van der Waals surface area contributed by atoms with E-state index in [4.69, 9.17) is 9.47 Å². The maximum absolute atomic E-state index is 6.63. The van der Waals surface area contributed by atoms with E-state index in [1.54, 1.807) is 0 Å². The molecule has 0 bridgehead atoms. The van der Waals surface area contributed by atoms with Crippen LogP contribution >= 0.6 is 0 Å². The molecule has 182 valence electrons. The van der Waals surface area contributed by atoms with E-state index >= 15 is 0 Å². The highest BCUT2D eigenvalue weighted by atomic mass is 16.5. The largest absolute Gasteiger partial charge is 0.458 e. The molecule has 5 aromatic carbocycles. The fourth-order valence-electron chi connectivity index (χ4n) is 6.39. The molecular weight excluding hydrogens is 465 g/mol. The summed E-state index contributed by atoms with van der Waals surface area (Å²) in [6.45, 7) is 8.66. The van der Waals surface area contributed by atoms with Crippen LogP contribution in [0.3, 0.4) is 0 Å². The molecule has 2 aliphatic rings. The second kappa shape index (κ2) is 7.55. The van der Waals surface area contributed by atoms with Crippen LogP contribution in [0.2, 0.25) is 0 Å². The molecule has 3 nitrogen and oxygen atoms in total. The lowest BCUT2D eigenvalue weighted by molar-refractivity contribution is 0.464. The van der Waals surface area contributed by atoms with Crippen molar-refractivity contribution in [1.82, 2.24) is 4.57 Å². The number of hydrogen-bond donors (Lipinski definition) is 0. The van der Waals surface area contributed by atoms with Crippen LogP contribution in [-0.2, 0) is 0 Å². The lowest BCUT2D eigenvalue weighted by Gasteiger charge is -2.33. The topological polar surface area (TPSA) is 23.4 Å². The molecule has 2 aliphatic heterocycles. The Kier molecular flexibility index (Phi) is 4.30. The number of hydrogen-bond acceptors (Lipinski definition) is 2. The van der Waals surface area contributed by atoms with Crippen molar-refractivity contribution in [3.8, 4) is 28.7 Å². The number of nitrogens with zero attached hydrogens (tertiary/aromatic N) is 1. The molecule has 0 aliphatic carbocycles. The third-order valence-corrected chi connectivity index (χ3v) is 8.10. The van der Waals surface area contributed by atoms with Crippen LogP contribution in [-0.4, -0.2) is 11.3 Å². The lowest BCUT2D eigenvalue weighted by atomic mass is 9.34. The molecule has 8 rings (SSSR count). The van der Waals surface area contributed by atoms with Crippen LogP contribution < -0.4 is 25.9 Å². The minimum Gasteiger partial charge on any atom is -0.458 e. The van der Waals surface area contributed by atoms with Crippen molar-refractivity contribution in [1.29, 1.82) is 0 Å². The Morgan fingerprint density at radius 1 is 0.500 bits per heavy atom. The van der Waals surface area contributed by atoms with Crippen molar-refractivity contribution < 1.29 is 9.47 Å². The maximum Gasteiger partial charge on any atom is 0.260 e. The normalized spacial score (nSPS) is 13.1. The van der Waals surface area contributed by atoms with E-state index < -0.39 is 0 Å². The third kappa shape index (κ3) is 2.97. The molecule has 0 radical (unpaired) electrons. The van der Waals surface area contributed by atoms with Crippen molar-refractivity contribution in [3.63, 3.8) is 0 Å². The van der Waals surface area contributed by atoms with E-state index in [0.29, 0.717) is 0 Å². The van der Waals surface area contributed by atoms with E-state index in [0.717, 1.165) is 34.1 Å². The second-order valence-electron chi connectivity index (χ2n) is 11.0. The van der Waals surface area contributed by atoms with Crippen LogP contribution in [0.25, 0.3) is 27.5 Å². The number of aryl methyl sites for hydroxylation is 4. The van der Waals surface area contributed by atoms with Crippen LogP contribution in [0.1, 0.15) is 22.3 Å². The van der Waals surface area contributed by atoms with Gasteiger partial charge in [-0.1, -0.05) is 58.7 Å². The van der Waals surface area contributed by atoms with Gasteiger partial charge in [-0.2, -0.15) is 0 Å². The number of fused-ring (bicyclic) bond motifs is 7. The molecule has 0 N–H and O–H groups in total. The summed E-state index contributed by atoms with van der Waals surface area (Å²) in [6, 6.07) is 30.8. The van der Waals surface area contributed by atoms with Gasteiger partial charge in [0.25, 0.3) is 6.71 Å². The summed E-state index contributed by atoms with van der Waals surface area (Å²) in [4.78, 5) is 0. The summed E-state index contributed by atoms with van der Waals surface area (Å²) < 4.78 is 15.6. The zero-order chi connectivity index (χ0) is 25.7. The van der Waals surface area contributed by atoms with Gasteiger partial charge in [0.1, 0.15) is 23.0 Å².